The number of methoxy groups -OCH3 is 1. The Morgan fingerprint density at radius 2 is 1.92 bits per heavy atom. The number of ether oxygens (including phenoxy) is 1. The van der Waals surface area contributed by atoms with Crippen LogP contribution in [0.25, 0.3) is 22.4 Å². The van der Waals surface area contributed by atoms with Gasteiger partial charge in [-0.15, -0.1) is 0 Å². The van der Waals surface area contributed by atoms with Crippen LogP contribution >= 0.6 is 0 Å². The van der Waals surface area contributed by atoms with E-state index < -0.39 is 29.7 Å². The summed E-state index contributed by atoms with van der Waals surface area (Å²) in [6, 6.07) is 3.50. The topological polar surface area (TPSA) is 141 Å². The molecule has 0 spiro atoms. The Kier molecular flexibility index (Phi) is 6.99. The number of anilines is 2. The van der Waals surface area contributed by atoms with Crippen LogP contribution in [0.3, 0.4) is 0 Å². The van der Waals surface area contributed by atoms with Gasteiger partial charge in [-0.05, 0) is 30.5 Å². The van der Waals surface area contributed by atoms with Crippen LogP contribution in [0.5, 0.6) is 5.75 Å². The van der Waals surface area contributed by atoms with Gasteiger partial charge in [0.2, 0.25) is 0 Å². The molecule has 206 valence electrons. The molecule has 1 saturated heterocycles. The molecule has 5 N–H and O–H groups in total. The maximum atomic E-state index is 14.9. The number of hydrogen-bond donors (Lipinski definition) is 3. The minimum Gasteiger partial charge on any atom is -0.494 e. The SMILES string of the molecule is COc1cc(F)c(-c2cc(Cn3cnc4c(N)ncnc43)c(N3CCC[C@](N)([C@H](O)C(F)F)C3)cn2)cc1F. The summed E-state index contributed by atoms with van der Waals surface area (Å²) in [5.41, 5.74) is 12.6. The number of aliphatic hydroxyl groups is 1. The molecule has 39 heavy (non-hydrogen) atoms. The number of alkyl halides is 2. The Labute approximate surface area is 220 Å². The molecule has 5 rings (SSSR count). The molecule has 4 aromatic rings. The molecular formula is C25H26F4N8O2. The van der Waals surface area contributed by atoms with Gasteiger partial charge >= 0.3 is 0 Å². The van der Waals surface area contributed by atoms with Gasteiger partial charge in [0.15, 0.2) is 23.0 Å². The first-order chi connectivity index (χ1) is 18.6. The lowest BCUT2D eigenvalue weighted by Crippen LogP contribution is -2.63. The molecule has 0 bridgehead atoms. The number of halogens is 4. The summed E-state index contributed by atoms with van der Waals surface area (Å²) in [4.78, 5) is 18.6. The number of aromatic nitrogens is 5. The normalized spacial score (nSPS) is 18.6. The summed E-state index contributed by atoms with van der Waals surface area (Å²) in [5, 5.41) is 10.1. The Bertz CT molecular complexity index is 1520. The zero-order valence-corrected chi connectivity index (χ0v) is 20.9. The van der Waals surface area contributed by atoms with Gasteiger partial charge in [0.05, 0.1) is 43.1 Å². The lowest BCUT2D eigenvalue weighted by molar-refractivity contribution is -0.0529. The Hall–Kier alpha value is -4.04. The molecule has 14 heteroatoms. The van der Waals surface area contributed by atoms with Crippen molar-refractivity contribution >= 4 is 22.7 Å². The number of piperidine rings is 1. The Morgan fingerprint density at radius 1 is 1.13 bits per heavy atom. The van der Waals surface area contributed by atoms with Crippen LogP contribution in [0, 0.1) is 11.6 Å². The molecule has 1 aliphatic rings. The number of fused-ring (bicyclic) bond motifs is 1. The first kappa shape index (κ1) is 26.6. The van der Waals surface area contributed by atoms with Crippen molar-refractivity contribution < 1.29 is 27.4 Å². The molecule has 0 radical (unpaired) electrons. The standard InChI is InChI=1S/C25H26F4N8O2/c1-39-19-7-15(26)14(6-16(19)27)17-5-13(9-37-12-35-20-23(30)33-11-34-24(20)37)18(8-32-17)36-4-2-3-25(31,10-36)21(38)22(28)29/h5-8,11-12,21-22,38H,2-4,9-10,31H2,1H3,(H2,30,33,34)/t21-,25-/m1/s1. The highest BCUT2D eigenvalue weighted by molar-refractivity contribution is 5.81. The molecule has 0 aliphatic carbocycles. The van der Waals surface area contributed by atoms with Gasteiger partial charge in [-0.2, -0.15) is 0 Å². The van der Waals surface area contributed by atoms with E-state index in [9.17, 15) is 22.7 Å². The van der Waals surface area contributed by atoms with Crippen LogP contribution in [-0.4, -0.2) is 67.9 Å². The van der Waals surface area contributed by atoms with E-state index in [1.807, 2.05) is 0 Å². The van der Waals surface area contributed by atoms with Crippen molar-refractivity contribution in [2.45, 2.75) is 37.5 Å². The molecule has 0 amide bonds. The molecule has 0 saturated carbocycles. The highest BCUT2D eigenvalue weighted by atomic mass is 19.3. The summed E-state index contributed by atoms with van der Waals surface area (Å²) in [5.74, 6) is -1.57. The van der Waals surface area contributed by atoms with Crippen molar-refractivity contribution in [1.29, 1.82) is 0 Å². The maximum absolute atomic E-state index is 14.9. The number of hydrogen-bond acceptors (Lipinski definition) is 9. The van der Waals surface area contributed by atoms with Crippen molar-refractivity contribution in [1.82, 2.24) is 24.5 Å². The van der Waals surface area contributed by atoms with Crippen molar-refractivity contribution in [2.75, 3.05) is 30.8 Å². The van der Waals surface area contributed by atoms with Crippen LogP contribution in [0.2, 0.25) is 0 Å². The minimum atomic E-state index is -3.01. The number of imidazole rings is 1. The predicted octanol–water partition coefficient (Wildman–Crippen LogP) is 2.73. The van der Waals surface area contributed by atoms with Gasteiger partial charge in [0.25, 0.3) is 6.43 Å². The molecule has 1 aliphatic heterocycles. The molecule has 3 aromatic heterocycles. The summed E-state index contributed by atoms with van der Waals surface area (Å²) in [6.07, 6.45) is -0.128. The van der Waals surface area contributed by atoms with Crippen LogP contribution in [0.15, 0.2) is 37.1 Å². The van der Waals surface area contributed by atoms with E-state index in [1.54, 1.807) is 15.5 Å². The average Bonchev–Trinajstić information content (AvgIpc) is 3.33. The quantitative estimate of drug-likeness (QED) is 0.298. The van der Waals surface area contributed by atoms with Crippen molar-refractivity contribution in [3.8, 4) is 17.0 Å². The first-order valence-corrected chi connectivity index (χ1v) is 12.0. The van der Waals surface area contributed by atoms with Crippen molar-refractivity contribution in [3.63, 3.8) is 0 Å². The molecular weight excluding hydrogens is 520 g/mol. The summed E-state index contributed by atoms with van der Waals surface area (Å²) in [7, 11) is 1.23. The fraction of sp³-hybridized carbons (Fsp3) is 0.360. The van der Waals surface area contributed by atoms with Gasteiger partial charge < -0.3 is 30.8 Å². The number of benzene rings is 1. The van der Waals surface area contributed by atoms with E-state index in [-0.39, 0.29) is 42.3 Å². The average molecular weight is 547 g/mol. The Morgan fingerprint density at radius 3 is 2.67 bits per heavy atom. The number of nitrogens with zero attached hydrogens (tertiary/aromatic N) is 6. The van der Waals surface area contributed by atoms with Crippen LogP contribution in [0.4, 0.5) is 29.1 Å². The largest absolute Gasteiger partial charge is 0.494 e. The number of aliphatic hydroxyl groups excluding tert-OH is 1. The lowest BCUT2D eigenvalue weighted by atomic mass is 9.84. The Balaban J connectivity index is 1.60. The second kappa shape index (κ2) is 10.3. The fourth-order valence-electron chi connectivity index (χ4n) is 4.94. The molecule has 1 aromatic carbocycles. The predicted molar refractivity (Wildman–Crippen MR) is 135 cm³/mol. The highest BCUT2D eigenvalue weighted by Crippen LogP contribution is 2.34. The van der Waals surface area contributed by atoms with E-state index in [2.05, 4.69) is 19.9 Å². The van der Waals surface area contributed by atoms with E-state index in [0.29, 0.717) is 35.4 Å². The fourth-order valence-corrected chi connectivity index (χ4v) is 4.94. The van der Waals surface area contributed by atoms with Crippen LogP contribution in [0.1, 0.15) is 18.4 Å². The molecule has 10 nitrogen and oxygen atoms in total. The number of pyridine rings is 1. The molecule has 2 atom stereocenters. The smallest absolute Gasteiger partial charge is 0.265 e. The minimum absolute atomic E-state index is 0.0716. The molecule has 1 fully saturated rings. The second-order valence-corrected chi connectivity index (χ2v) is 9.51. The van der Waals surface area contributed by atoms with E-state index in [0.717, 1.165) is 12.1 Å². The first-order valence-electron chi connectivity index (χ1n) is 12.0. The van der Waals surface area contributed by atoms with E-state index >= 15 is 0 Å². The van der Waals surface area contributed by atoms with Gasteiger partial charge in [-0.1, -0.05) is 0 Å². The van der Waals surface area contributed by atoms with Crippen molar-refractivity contribution in [3.05, 3.63) is 54.2 Å². The summed E-state index contributed by atoms with van der Waals surface area (Å²) >= 11 is 0. The molecule has 0 unspecified atom stereocenters. The lowest BCUT2D eigenvalue weighted by Gasteiger charge is -2.44. The second-order valence-electron chi connectivity index (χ2n) is 9.51. The third-order valence-electron chi connectivity index (χ3n) is 6.98. The van der Waals surface area contributed by atoms with E-state index in [1.165, 1.54) is 26.0 Å². The third kappa shape index (κ3) is 4.92. The van der Waals surface area contributed by atoms with Crippen molar-refractivity contribution in [2.24, 2.45) is 5.73 Å². The van der Waals surface area contributed by atoms with Crippen LogP contribution in [-0.2, 0) is 6.54 Å². The van der Waals surface area contributed by atoms with Crippen LogP contribution < -0.4 is 21.1 Å². The zero-order chi connectivity index (χ0) is 27.9. The maximum Gasteiger partial charge on any atom is 0.265 e. The molecule has 4 heterocycles. The van der Waals surface area contributed by atoms with Gasteiger partial charge in [-0.25, -0.2) is 32.5 Å². The number of nitrogen functional groups attached to an aromatic ring is 1. The monoisotopic (exact) mass is 546 g/mol. The number of nitrogens with two attached hydrogens (primary N) is 2. The summed E-state index contributed by atoms with van der Waals surface area (Å²) < 4.78 is 62.7. The van der Waals surface area contributed by atoms with E-state index in [4.69, 9.17) is 16.2 Å². The third-order valence-corrected chi connectivity index (χ3v) is 6.98. The van der Waals surface area contributed by atoms with Gasteiger partial charge in [-0.3, -0.25) is 4.98 Å². The highest BCUT2D eigenvalue weighted by Gasteiger charge is 2.43. The zero-order valence-electron chi connectivity index (χ0n) is 20.9. The van der Waals surface area contributed by atoms with Gasteiger partial charge in [0, 0.05) is 24.7 Å². The summed E-state index contributed by atoms with van der Waals surface area (Å²) in [6.45, 7) is 0.523. The number of rotatable bonds is 7. The van der Waals surface area contributed by atoms with Gasteiger partial charge in [0.1, 0.15) is 23.8 Å².